The molecule has 0 amide bonds. The molecule has 0 aromatic heterocycles. The van der Waals surface area contributed by atoms with Crippen molar-refractivity contribution in [3.63, 3.8) is 0 Å². The van der Waals surface area contributed by atoms with Crippen LogP contribution in [0.5, 0.6) is 5.75 Å². The molecule has 0 atom stereocenters. The number of ketones is 1. The van der Waals surface area contributed by atoms with Crippen LogP contribution in [0.1, 0.15) is 15.9 Å². The van der Waals surface area contributed by atoms with Crippen LogP contribution in [0.2, 0.25) is 0 Å². The first-order valence-corrected chi connectivity index (χ1v) is 5.73. The Bertz CT molecular complexity index is 685. The minimum Gasteiger partial charge on any atom is -0.507 e. The molecule has 0 radical (unpaired) electrons. The van der Waals surface area contributed by atoms with Gasteiger partial charge in [-0.1, -0.05) is 18.2 Å². The number of nitro groups is 1. The van der Waals surface area contributed by atoms with Gasteiger partial charge in [0.1, 0.15) is 11.6 Å². The second-order valence-corrected chi connectivity index (χ2v) is 4.15. The molecule has 1 N–H and O–H groups in total. The van der Waals surface area contributed by atoms with Crippen molar-refractivity contribution in [3.05, 3.63) is 69.5 Å². The third kappa shape index (κ3) is 2.80. The fourth-order valence-electron chi connectivity index (χ4n) is 1.85. The molecule has 2 aromatic rings. The molecule has 0 aliphatic heterocycles. The van der Waals surface area contributed by atoms with Gasteiger partial charge in [-0.25, -0.2) is 4.39 Å². The van der Waals surface area contributed by atoms with E-state index in [4.69, 9.17) is 0 Å². The second kappa shape index (κ2) is 5.48. The van der Waals surface area contributed by atoms with Crippen molar-refractivity contribution in [2.24, 2.45) is 0 Å². The summed E-state index contributed by atoms with van der Waals surface area (Å²) in [6.45, 7) is 0. The normalized spacial score (nSPS) is 10.2. The Balaban J connectivity index is 2.30. The molecule has 0 saturated heterocycles. The summed E-state index contributed by atoms with van der Waals surface area (Å²) in [4.78, 5) is 22.3. The van der Waals surface area contributed by atoms with E-state index in [9.17, 15) is 24.4 Å². The summed E-state index contributed by atoms with van der Waals surface area (Å²) in [5.74, 6) is -1.66. The van der Waals surface area contributed by atoms with Crippen molar-refractivity contribution in [2.45, 2.75) is 6.42 Å². The zero-order chi connectivity index (χ0) is 14.7. The maximum Gasteiger partial charge on any atom is 0.273 e. The number of benzene rings is 2. The van der Waals surface area contributed by atoms with Crippen LogP contribution in [-0.4, -0.2) is 15.8 Å². The molecule has 2 rings (SSSR count). The van der Waals surface area contributed by atoms with Crippen LogP contribution in [-0.2, 0) is 6.42 Å². The number of carbonyl (C=O) groups excluding carboxylic acids is 1. The van der Waals surface area contributed by atoms with Crippen LogP contribution in [0.3, 0.4) is 0 Å². The highest BCUT2D eigenvalue weighted by Gasteiger charge is 2.18. The van der Waals surface area contributed by atoms with Crippen LogP contribution >= 0.6 is 0 Å². The predicted molar refractivity (Wildman–Crippen MR) is 69.2 cm³/mol. The van der Waals surface area contributed by atoms with Gasteiger partial charge >= 0.3 is 0 Å². The lowest BCUT2D eigenvalue weighted by Crippen LogP contribution is -2.06. The standard InChI is InChI=1S/C14H10FNO4/c15-10-5-6-11(14(18)8-10)13(17)7-9-3-1-2-4-12(9)16(19)20/h1-6,8,18H,7H2. The molecule has 0 spiro atoms. The maximum atomic E-state index is 12.8. The van der Waals surface area contributed by atoms with E-state index in [0.717, 1.165) is 18.2 Å². The summed E-state index contributed by atoms with van der Waals surface area (Å²) < 4.78 is 12.8. The largest absolute Gasteiger partial charge is 0.507 e. The average Bonchev–Trinajstić information content (AvgIpc) is 2.38. The number of phenols is 1. The first-order valence-electron chi connectivity index (χ1n) is 5.73. The smallest absolute Gasteiger partial charge is 0.273 e. The number of Topliss-reactive ketones (excluding diaryl/α,β-unsaturated/α-hetero) is 1. The Labute approximate surface area is 113 Å². The van der Waals surface area contributed by atoms with Crippen molar-refractivity contribution in [2.75, 3.05) is 0 Å². The molecular weight excluding hydrogens is 265 g/mol. The maximum absolute atomic E-state index is 12.8. The fraction of sp³-hybridized carbons (Fsp3) is 0.0714. The number of halogens is 1. The van der Waals surface area contributed by atoms with Crippen molar-refractivity contribution >= 4 is 11.5 Å². The molecule has 6 heteroatoms. The van der Waals surface area contributed by atoms with Gasteiger partial charge in [0.05, 0.1) is 10.5 Å². The van der Waals surface area contributed by atoms with E-state index in [1.165, 1.54) is 18.2 Å². The molecular formula is C14H10FNO4. The van der Waals surface area contributed by atoms with E-state index in [-0.39, 0.29) is 23.2 Å². The molecule has 0 unspecified atom stereocenters. The number of hydrogen-bond donors (Lipinski definition) is 1. The van der Waals surface area contributed by atoms with Gasteiger partial charge in [-0.3, -0.25) is 14.9 Å². The third-order valence-corrected chi connectivity index (χ3v) is 2.80. The Morgan fingerprint density at radius 2 is 1.95 bits per heavy atom. The van der Waals surface area contributed by atoms with Gasteiger partial charge in [-0.2, -0.15) is 0 Å². The van der Waals surface area contributed by atoms with E-state index in [1.54, 1.807) is 6.07 Å². The number of rotatable bonds is 4. The Morgan fingerprint density at radius 3 is 2.60 bits per heavy atom. The third-order valence-electron chi connectivity index (χ3n) is 2.80. The molecule has 0 aliphatic rings. The van der Waals surface area contributed by atoms with Crippen LogP contribution < -0.4 is 0 Å². The molecule has 102 valence electrons. The molecule has 2 aromatic carbocycles. The number of phenolic OH excluding ortho intramolecular Hbond substituents is 1. The Morgan fingerprint density at radius 1 is 1.25 bits per heavy atom. The van der Waals surface area contributed by atoms with Crippen LogP contribution in [0.25, 0.3) is 0 Å². The van der Waals surface area contributed by atoms with E-state index in [2.05, 4.69) is 0 Å². The molecule has 0 heterocycles. The van der Waals surface area contributed by atoms with Crippen molar-refractivity contribution in [1.82, 2.24) is 0 Å². The molecule has 5 nitrogen and oxygen atoms in total. The number of nitrogens with zero attached hydrogens (tertiary/aromatic N) is 1. The lowest BCUT2D eigenvalue weighted by atomic mass is 10.0. The first kappa shape index (κ1) is 13.7. The van der Waals surface area contributed by atoms with Gasteiger partial charge in [-0.15, -0.1) is 0 Å². The molecule has 0 bridgehead atoms. The van der Waals surface area contributed by atoms with Gasteiger partial charge in [0.2, 0.25) is 0 Å². The lowest BCUT2D eigenvalue weighted by molar-refractivity contribution is -0.385. The Hall–Kier alpha value is -2.76. The number of carbonyl (C=O) groups is 1. The van der Waals surface area contributed by atoms with E-state index in [0.29, 0.717) is 0 Å². The van der Waals surface area contributed by atoms with Crippen LogP contribution in [0.4, 0.5) is 10.1 Å². The molecule has 0 aliphatic carbocycles. The van der Waals surface area contributed by atoms with E-state index >= 15 is 0 Å². The van der Waals surface area contributed by atoms with Crippen LogP contribution in [0, 0.1) is 15.9 Å². The van der Waals surface area contributed by atoms with Crippen molar-refractivity contribution in [1.29, 1.82) is 0 Å². The topological polar surface area (TPSA) is 80.4 Å². The molecule has 20 heavy (non-hydrogen) atoms. The van der Waals surface area contributed by atoms with Gasteiger partial charge in [0, 0.05) is 24.1 Å². The fourth-order valence-corrected chi connectivity index (χ4v) is 1.85. The summed E-state index contributed by atoms with van der Waals surface area (Å²) in [6.07, 6.45) is -0.240. The summed E-state index contributed by atoms with van der Waals surface area (Å²) in [5.41, 5.74) is 0.0122. The average molecular weight is 275 g/mol. The lowest BCUT2D eigenvalue weighted by Gasteiger charge is -2.05. The highest BCUT2D eigenvalue weighted by Crippen LogP contribution is 2.23. The SMILES string of the molecule is O=C(Cc1ccccc1[N+](=O)[O-])c1ccc(F)cc1O. The monoisotopic (exact) mass is 275 g/mol. The Kier molecular flexibility index (Phi) is 3.74. The van der Waals surface area contributed by atoms with Gasteiger partial charge in [0.15, 0.2) is 5.78 Å². The molecule has 0 fully saturated rings. The van der Waals surface area contributed by atoms with E-state index < -0.39 is 22.3 Å². The zero-order valence-corrected chi connectivity index (χ0v) is 10.2. The van der Waals surface area contributed by atoms with Gasteiger partial charge in [0.25, 0.3) is 5.69 Å². The number of hydrogen-bond acceptors (Lipinski definition) is 4. The van der Waals surface area contributed by atoms with Gasteiger partial charge < -0.3 is 5.11 Å². The van der Waals surface area contributed by atoms with Crippen molar-refractivity contribution in [3.8, 4) is 5.75 Å². The zero-order valence-electron chi connectivity index (χ0n) is 10.2. The van der Waals surface area contributed by atoms with Crippen molar-refractivity contribution < 1.29 is 19.2 Å². The summed E-state index contributed by atoms with van der Waals surface area (Å²) in [6, 6.07) is 8.88. The predicted octanol–water partition coefficient (Wildman–Crippen LogP) is 2.86. The summed E-state index contributed by atoms with van der Waals surface area (Å²) in [5, 5.41) is 20.4. The number of para-hydroxylation sites is 1. The van der Waals surface area contributed by atoms with Gasteiger partial charge in [-0.05, 0) is 12.1 Å². The highest BCUT2D eigenvalue weighted by molar-refractivity contribution is 6.00. The number of nitro benzene ring substituents is 1. The number of aromatic hydroxyl groups is 1. The summed E-state index contributed by atoms with van der Waals surface area (Å²) in [7, 11) is 0. The van der Waals surface area contributed by atoms with E-state index in [1.807, 2.05) is 0 Å². The minimum atomic E-state index is -0.662. The summed E-state index contributed by atoms with van der Waals surface area (Å²) >= 11 is 0. The van der Waals surface area contributed by atoms with Crippen LogP contribution in [0.15, 0.2) is 42.5 Å². The molecule has 0 saturated carbocycles. The minimum absolute atomic E-state index is 0.0652. The first-order chi connectivity index (χ1) is 9.49. The quantitative estimate of drug-likeness (QED) is 0.528. The second-order valence-electron chi connectivity index (χ2n) is 4.15. The highest BCUT2D eigenvalue weighted by atomic mass is 19.1.